The quantitative estimate of drug-likeness (QED) is 0.509. The molecule has 13 heteroatoms. The van der Waals surface area contributed by atoms with E-state index in [-0.39, 0.29) is 24.0 Å². The highest BCUT2D eigenvalue weighted by Gasteiger charge is 2.33. The molecule has 170 valence electrons. The predicted molar refractivity (Wildman–Crippen MR) is 116 cm³/mol. The van der Waals surface area contributed by atoms with Crippen molar-refractivity contribution >= 4 is 44.8 Å². The number of nitrogens with zero attached hydrogens (tertiary/aromatic N) is 5. The average Bonchev–Trinajstić information content (AvgIpc) is 3.39. The molecule has 1 aromatic heterocycles. The van der Waals surface area contributed by atoms with Gasteiger partial charge in [-0.15, -0.1) is 0 Å². The van der Waals surface area contributed by atoms with Gasteiger partial charge in [0.25, 0.3) is 0 Å². The summed E-state index contributed by atoms with van der Waals surface area (Å²) in [5, 5.41) is 14.0. The van der Waals surface area contributed by atoms with Gasteiger partial charge in [-0.25, -0.2) is 14.2 Å². The van der Waals surface area contributed by atoms with Crippen LogP contribution in [0.25, 0.3) is 0 Å². The molecule has 2 aliphatic heterocycles. The number of rotatable bonds is 6. The fourth-order valence-corrected chi connectivity index (χ4v) is 4.43. The van der Waals surface area contributed by atoms with E-state index >= 15 is 0 Å². The van der Waals surface area contributed by atoms with E-state index in [1.807, 2.05) is 9.80 Å². The topological polar surface area (TPSA) is 121 Å². The van der Waals surface area contributed by atoms with E-state index in [4.69, 9.17) is 4.74 Å². The molecule has 1 N–H and O–H groups in total. The summed E-state index contributed by atoms with van der Waals surface area (Å²) in [6.45, 7) is 3.94. The highest BCUT2D eigenvalue weighted by molar-refractivity contribution is 7.18. The van der Waals surface area contributed by atoms with Crippen molar-refractivity contribution < 1.29 is 23.6 Å². The molecule has 4 rings (SSSR count). The second-order valence-corrected chi connectivity index (χ2v) is 8.39. The normalized spacial score (nSPS) is 18.6. The van der Waals surface area contributed by atoms with Gasteiger partial charge >= 0.3 is 11.1 Å². The van der Waals surface area contributed by atoms with Crippen molar-refractivity contribution in [3.05, 3.63) is 40.3 Å². The molecule has 0 unspecified atom stereocenters. The van der Waals surface area contributed by atoms with Gasteiger partial charge in [-0.2, -0.15) is 0 Å². The third kappa shape index (κ3) is 4.56. The van der Waals surface area contributed by atoms with Crippen LogP contribution in [0.15, 0.2) is 24.4 Å². The maximum atomic E-state index is 14.9. The fraction of sp³-hybridized carbons (Fsp3) is 0.421. The zero-order valence-electron chi connectivity index (χ0n) is 17.2. The van der Waals surface area contributed by atoms with E-state index in [2.05, 4.69) is 10.3 Å². The van der Waals surface area contributed by atoms with Gasteiger partial charge in [0.05, 0.1) is 29.4 Å². The number of hydrogen-bond acceptors (Lipinski definition) is 9. The molecule has 0 spiro atoms. The van der Waals surface area contributed by atoms with Crippen LogP contribution in [-0.4, -0.2) is 67.3 Å². The smallest absolute Gasteiger partial charge is 0.414 e. The lowest BCUT2D eigenvalue weighted by Gasteiger charge is -2.36. The Hall–Kier alpha value is -3.48. The summed E-state index contributed by atoms with van der Waals surface area (Å²) >= 11 is 1.02. The number of hydrogen-bond donors (Lipinski definition) is 1. The van der Waals surface area contributed by atoms with Gasteiger partial charge in [0.2, 0.25) is 5.91 Å². The summed E-state index contributed by atoms with van der Waals surface area (Å²) in [6.07, 6.45) is 0.164. The average molecular weight is 464 g/mol. The lowest BCUT2D eigenvalue weighted by molar-refractivity contribution is -0.380. The Bertz CT molecular complexity index is 1040. The van der Waals surface area contributed by atoms with Gasteiger partial charge in [0.15, 0.2) is 5.13 Å². The van der Waals surface area contributed by atoms with Crippen LogP contribution < -0.4 is 20.0 Å². The van der Waals surface area contributed by atoms with Crippen LogP contribution in [0.2, 0.25) is 0 Å². The minimum Gasteiger partial charge on any atom is -0.442 e. The second-order valence-electron chi connectivity index (χ2n) is 7.40. The molecule has 1 atom stereocenters. The number of cyclic esters (lactones) is 1. The van der Waals surface area contributed by atoms with Gasteiger partial charge < -0.3 is 19.9 Å². The van der Waals surface area contributed by atoms with Crippen LogP contribution >= 0.6 is 11.3 Å². The molecule has 1 aromatic carbocycles. The van der Waals surface area contributed by atoms with Crippen LogP contribution in [-0.2, 0) is 9.53 Å². The van der Waals surface area contributed by atoms with E-state index in [9.17, 15) is 24.1 Å². The van der Waals surface area contributed by atoms with E-state index in [0.717, 1.165) is 11.3 Å². The third-order valence-electron chi connectivity index (χ3n) is 5.25. The number of amides is 2. The first-order valence-corrected chi connectivity index (χ1v) is 10.8. The number of nitro groups is 1. The highest BCUT2D eigenvalue weighted by Crippen LogP contribution is 2.31. The molecule has 32 heavy (non-hydrogen) atoms. The number of piperazine rings is 1. The van der Waals surface area contributed by atoms with E-state index in [0.29, 0.717) is 42.7 Å². The highest BCUT2D eigenvalue weighted by atomic mass is 32.1. The van der Waals surface area contributed by atoms with Gasteiger partial charge in [0.1, 0.15) is 18.1 Å². The van der Waals surface area contributed by atoms with Crippen molar-refractivity contribution in [2.75, 3.05) is 54.0 Å². The third-order valence-corrected chi connectivity index (χ3v) is 6.26. The first-order chi connectivity index (χ1) is 15.3. The maximum absolute atomic E-state index is 14.9. The first-order valence-electron chi connectivity index (χ1n) is 9.94. The lowest BCUT2D eigenvalue weighted by Crippen LogP contribution is -2.46. The number of thiazole rings is 1. The SMILES string of the molecule is CC(=O)NC[C@H]1CN(c2ccc(N3CCN(c4ncc([N+](=O)[O-])s4)CC3)c(F)c2)C(=O)O1. The van der Waals surface area contributed by atoms with Crippen LogP contribution in [0, 0.1) is 15.9 Å². The summed E-state index contributed by atoms with van der Waals surface area (Å²) in [4.78, 5) is 42.9. The molecular formula is C19H21FN6O5S. The minimum atomic E-state index is -0.585. The number of carbonyl (C=O) groups excluding carboxylic acids is 2. The van der Waals surface area contributed by atoms with Crippen molar-refractivity contribution in [3.8, 4) is 0 Å². The second kappa shape index (κ2) is 8.94. The van der Waals surface area contributed by atoms with Gasteiger partial charge in [-0.1, -0.05) is 0 Å². The first kappa shape index (κ1) is 21.7. The van der Waals surface area contributed by atoms with E-state index in [1.54, 1.807) is 12.1 Å². The summed E-state index contributed by atoms with van der Waals surface area (Å²) in [5.41, 5.74) is 0.802. The number of ether oxygens (including phenoxy) is 1. The molecular weight excluding hydrogens is 443 g/mol. The van der Waals surface area contributed by atoms with Crippen LogP contribution in [0.1, 0.15) is 6.92 Å². The summed E-state index contributed by atoms with van der Waals surface area (Å²) < 4.78 is 20.1. The maximum Gasteiger partial charge on any atom is 0.414 e. The van der Waals surface area contributed by atoms with E-state index in [1.165, 1.54) is 24.1 Å². The molecule has 0 aliphatic carbocycles. The molecule has 0 radical (unpaired) electrons. The zero-order valence-corrected chi connectivity index (χ0v) is 18.0. The van der Waals surface area contributed by atoms with Crippen molar-refractivity contribution in [3.63, 3.8) is 0 Å². The molecule has 2 aliphatic rings. The number of aromatic nitrogens is 1. The lowest BCUT2D eigenvalue weighted by atomic mass is 10.2. The number of halogens is 1. The Balaban J connectivity index is 1.38. The molecule has 0 saturated carbocycles. The minimum absolute atomic E-state index is 0.0104. The number of carbonyl (C=O) groups is 2. The van der Waals surface area contributed by atoms with Crippen molar-refractivity contribution in [1.29, 1.82) is 0 Å². The van der Waals surface area contributed by atoms with Gasteiger partial charge in [0, 0.05) is 33.1 Å². The largest absolute Gasteiger partial charge is 0.442 e. The summed E-state index contributed by atoms with van der Waals surface area (Å²) in [6, 6.07) is 4.59. The van der Waals surface area contributed by atoms with Crippen LogP contribution in [0.4, 0.5) is 30.7 Å². The summed E-state index contributed by atoms with van der Waals surface area (Å²) in [7, 11) is 0. The Labute approximate surface area is 186 Å². The summed E-state index contributed by atoms with van der Waals surface area (Å²) in [5.74, 6) is -0.679. The molecule has 2 saturated heterocycles. The van der Waals surface area contributed by atoms with Crippen LogP contribution in [0.3, 0.4) is 0 Å². The number of benzene rings is 1. The fourth-order valence-electron chi connectivity index (χ4n) is 3.64. The molecule has 2 amide bonds. The van der Waals surface area contributed by atoms with E-state index < -0.39 is 22.9 Å². The Morgan fingerprint density at radius 2 is 2.06 bits per heavy atom. The standard InChI is InChI=1S/C19H21FN6O5S/c1-12(27)21-9-14-11-25(19(28)31-14)13-2-3-16(15(20)8-13)23-4-6-24(7-5-23)18-22-10-17(32-18)26(29)30/h2-3,8,10,14H,4-7,9,11H2,1H3,(H,21,27)/t14-/m0/s1. The van der Waals surface area contributed by atoms with Crippen LogP contribution in [0.5, 0.6) is 0 Å². The van der Waals surface area contributed by atoms with Gasteiger partial charge in [-0.05, 0) is 29.5 Å². The monoisotopic (exact) mass is 464 g/mol. The zero-order chi connectivity index (χ0) is 22.8. The predicted octanol–water partition coefficient (Wildman–Crippen LogP) is 1.98. The molecule has 0 bridgehead atoms. The molecule has 11 nitrogen and oxygen atoms in total. The Morgan fingerprint density at radius 3 is 2.69 bits per heavy atom. The van der Waals surface area contributed by atoms with Crippen molar-refractivity contribution in [2.24, 2.45) is 0 Å². The van der Waals surface area contributed by atoms with Crippen molar-refractivity contribution in [1.82, 2.24) is 10.3 Å². The van der Waals surface area contributed by atoms with Gasteiger partial charge in [-0.3, -0.25) is 19.8 Å². The van der Waals surface area contributed by atoms with Crippen molar-refractivity contribution in [2.45, 2.75) is 13.0 Å². The Morgan fingerprint density at radius 1 is 1.34 bits per heavy atom. The number of nitrogens with one attached hydrogen (secondary N) is 1. The molecule has 2 aromatic rings. The molecule has 2 fully saturated rings. The Kier molecular flexibility index (Phi) is 6.08. The molecule has 3 heterocycles. The number of anilines is 3.